The molecule has 0 bridgehead atoms. The van der Waals surface area contributed by atoms with Crippen molar-refractivity contribution in [2.24, 2.45) is 11.3 Å². The first-order valence-corrected chi connectivity index (χ1v) is 5.31. The Morgan fingerprint density at radius 1 is 1.57 bits per heavy atom. The maximum absolute atomic E-state index is 11.7. The van der Waals surface area contributed by atoms with E-state index in [9.17, 15) is 4.79 Å². The minimum atomic E-state index is -0.522. The molecule has 82 valence electrons. The number of rotatable bonds is 6. The molecule has 0 aliphatic carbocycles. The average Bonchev–Trinajstić information content (AvgIpc) is 2.17. The number of esters is 1. The van der Waals surface area contributed by atoms with Crippen molar-refractivity contribution in [2.75, 3.05) is 6.61 Å². The molecule has 0 N–H and O–H groups in total. The molecule has 0 saturated heterocycles. The largest absolute Gasteiger partial charge is 0.465 e. The Kier molecular flexibility index (Phi) is 5.51. The molecule has 0 aromatic carbocycles. The fourth-order valence-electron chi connectivity index (χ4n) is 1.41. The van der Waals surface area contributed by atoms with Crippen molar-refractivity contribution in [2.45, 2.75) is 40.5 Å². The van der Waals surface area contributed by atoms with E-state index < -0.39 is 5.41 Å². The van der Waals surface area contributed by atoms with Crippen LogP contribution in [-0.2, 0) is 9.53 Å². The van der Waals surface area contributed by atoms with Crippen LogP contribution >= 0.6 is 0 Å². The van der Waals surface area contributed by atoms with E-state index in [4.69, 9.17) is 4.74 Å². The summed E-state index contributed by atoms with van der Waals surface area (Å²) in [7, 11) is 0. The minimum absolute atomic E-state index is 0.157. The minimum Gasteiger partial charge on any atom is -0.465 e. The molecule has 2 heteroatoms. The van der Waals surface area contributed by atoms with Crippen LogP contribution in [0.2, 0.25) is 0 Å². The van der Waals surface area contributed by atoms with Crippen molar-refractivity contribution in [3.8, 4) is 0 Å². The molecule has 0 rings (SSSR count). The monoisotopic (exact) mass is 198 g/mol. The number of ether oxygens (including phenoxy) is 1. The highest BCUT2D eigenvalue weighted by atomic mass is 16.5. The zero-order chi connectivity index (χ0) is 11.2. The lowest BCUT2D eigenvalue weighted by Crippen LogP contribution is -2.29. The van der Waals surface area contributed by atoms with E-state index >= 15 is 0 Å². The van der Waals surface area contributed by atoms with Gasteiger partial charge in [0.05, 0.1) is 12.0 Å². The molecule has 0 aromatic rings. The first-order valence-electron chi connectivity index (χ1n) is 5.31. The highest BCUT2D eigenvalue weighted by Gasteiger charge is 2.32. The maximum Gasteiger partial charge on any atom is 0.315 e. The van der Waals surface area contributed by atoms with Crippen LogP contribution in [0.1, 0.15) is 40.5 Å². The molecule has 0 aliphatic rings. The van der Waals surface area contributed by atoms with E-state index in [1.54, 1.807) is 6.08 Å². The van der Waals surface area contributed by atoms with Crippen molar-refractivity contribution in [1.29, 1.82) is 0 Å². The fourth-order valence-corrected chi connectivity index (χ4v) is 1.41. The first-order chi connectivity index (χ1) is 6.50. The molecule has 0 aliphatic heterocycles. The van der Waals surface area contributed by atoms with Crippen LogP contribution in [0.25, 0.3) is 0 Å². The van der Waals surface area contributed by atoms with E-state index in [1.807, 2.05) is 13.8 Å². The van der Waals surface area contributed by atoms with Crippen LogP contribution in [0.5, 0.6) is 0 Å². The molecule has 0 aromatic heterocycles. The van der Waals surface area contributed by atoms with Gasteiger partial charge < -0.3 is 4.74 Å². The van der Waals surface area contributed by atoms with Crippen LogP contribution in [0.3, 0.4) is 0 Å². The van der Waals surface area contributed by atoms with E-state index in [2.05, 4.69) is 20.4 Å². The van der Waals surface area contributed by atoms with Gasteiger partial charge in [0.25, 0.3) is 0 Å². The van der Waals surface area contributed by atoms with Crippen LogP contribution in [0, 0.1) is 11.3 Å². The lowest BCUT2D eigenvalue weighted by molar-refractivity contribution is -0.152. The second-order valence-corrected chi connectivity index (χ2v) is 4.06. The Hall–Kier alpha value is -0.790. The van der Waals surface area contributed by atoms with Crippen LogP contribution in [0.15, 0.2) is 12.7 Å². The molecule has 2 unspecified atom stereocenters. The van der Waals surface area contributed by atoms with Gasteiger partial charge in [-0.05, 0) is 26.2 Å². The lowest BCUT2D eigenvalue weighted by atomic mass is 9.81. The lowest BCUT2D eigenvalue weighted by Gasteiger charge is -2.26. The van der Waals surface area contributed by atoms with Gasteiger partial charge in [0, 0.05) is 0 Å². The summed E-state index contributed by atoms with van der Waals surface area (Å²) >= 11 is 0. The summed E-state index contributed by atoms with van der Waals surface area (Å²) < 4.78 is 5.03. The van der Waals surface area contributed by atoms with Crippen LogP contribution < -0.4 is 0 Å². The summed E-state index contributed by atoms with van der Waals surface area (Å²) in [6.45, 7) is 12.1. The molecule has 0 saturated carbocycles. The quantitative estimate of drug-likeness (QED) is 0.484. The van der Waals surface area contributed by atoms with E-state index in [0.29, 0.717) is 12.5 Å². The van der Waals surface area contributed by atoms with Gasteiger partial charge in [-0.3, -0.25) is 4.79 Å². The third-order valence-corrected chi connectivity index (χ3v) is 2.66. The Labute approximate surface area is 87.3 Å². The Balaban J connectivity index is 4.45. The Morgan fingerprint density at radius 3 is 2.50 bits per heavy atom. The Bertz CT molecular complexity index is 198. The van der Waals surface area contributed by atoms with Gasteiger partial charge in [0.15, 0.2) is 0 Å². The highest BCUT2D eigenvalue weighted by molar-refractivity contribution is 5.78. The summed E-state index contributed by atoms with van der Waals surface area (Å²) in [6, 6.07) is 0. The molecule has 14 heavy (non-hydrogen) atoms. The predicted molar refractivity (Wildman–Crippen MR) is 59.0 cm³/mol. The zero-order valence-electron chi connectivity index (χ0n) is 9.80. The summed E-state index contributed by atoms with van der Waals surface area (Å²) in [6.07, 6.45) is 3.59. The molecular formula is C12H22O2. The summed E-state index contributed by atoms with van der Waals surface area (Å²) in [5.41, 5.74) is -0.522. The standard InChI is InChI=1S/C12H22O2/c1-6-10(4)9-12(5,7-2)11(13)14-8-3/h7,10H,2,6,8-9H2,1,3-5H3. The van der Waals surface area contributed by atoms with Gasteiger partial charge in [-0.15, -0.1) is 6.58 Å². The van der Waals surface area contributed by atoms with E-state index in [-0.39, 0.29) is 5.97 Å². The van der Waals surface area contributed by atoms with Crippen LogP contribution in [-0.4, -0.2) is 12.6 Å². The molecule has 0 heterocycles. The summed E-state index contributed by atoms with van der Waals surface area (Å²) in [5.74, 6) is 0.359. The molecule has 2 nitrogen and oxygen atoms in total. The van der Waals surface area contributed by atoms with Gasteiger partial charge in [0.1, 0.15) is 0 Å². The topological polar surface area (TPSA) is 26.3 Å². The van der Waals surface area contributed by atoms with Crippen molar-refractivity contribution in [3.63, 3.8) is 0 Å². The summed E-state index contributed by atoms with van der Waals surface area (Å²) in [4.78, 5) is 11.7. The molecule has 0 fully saturated rings. The number of hydrogen-bond donors (Lipinski definition) is 0. The molecule has 0 radical (unpaired) electrons. The maximum atomic E-state index is 11.7. The third-order valence-electron chi connectivity index (χ3n) is 2.66. The van der Waals surface area contributed by atoms with E-state index in [1.165, 1.54) is 0 Å². The molecule has 2 atom stereocenters. The van der Waals surface area contributed by atoms with Crippen molar-refractivity contribution in [1.82, 2.24) is 0 Å². The van der Waals surface area contributed by atoms with Crippen molar-refractivity contribution in [3.05, 3.63) is 12.7 Å². The van der Waals surface area contributed by atoms with Gasteiger partial charge in [0.2, 0.25) is 0 Å². The van der Waals surface area contributed by atoms with E-state index in [0.717, 1.165) is 12.8 Å². The fraction of sp³-hybridized carbons (Fsp3) is 0.750. The highest BCUT2D eigenvalue weighted by Crippen LogP contribution is 2.30. The second kappa shape index (κ2) is 5.84. The zero-order valence-corrected chi connectivity index (χ0v) is 9.80. The van der Waals surface area contributed by atoms with Gasteiger partial charge in [-0.2, -0.15) is 0 Å². The smallest absolute Gasteiger partial charge is 0.315 e. The average molecular weight is 198 g/mol. The van der Waals surface area contributed by atoms with Crippen LogP contribution in [0.4, 0.5) is 0 Å². The number of carbonyl (C=O) groups excluding carboxylic acids is 1. The first kappa shape index (κ1) is 13.2. The SMILES string of the molecule is C=CC(C)(CC(C)CC)C(=O)OCC. The normalized spacial score (nSPS) is 16.9. The molecular weight excluding hydrogens is 176 g/mol. The van der Waals surface area contributed by atoms with Gasteiger partial charge in [-0.1, -0.05) is 26.3 Å². The van der Waals surface area contributed by atoms with Crippen molar-refractivity contribution < 1.29 is 9.53 Å². The predicted octanol–water partition coefficient (Wildman–Crippen LogP) is 3.18. The molecule has 0 spiro atoms. The van der Waals surface area contributed by atoms with Crippen molar-refractivity contribution >= 4 is 5.97 Å². The van der Waals surface area contributed by atoms with Gasteiger partial charge in [-0.25, -0.2) is 0 Å². The number of hydrogen-bond acceptors (Lipinski definition) is 2. The third kappa shape index (κ3) is 3.52. The Morgan fingerprint density at radius 2 is 2.14 bits per heavy atom. The van der Waals surface area contributed by atoms with Gasteiger partial charge >= 0.3 is 5.97 Å². The summed E-state index contributed by atoms with van der Waals surface area (Å²) in [5, 5.41) is 0. The molecule has 0 amide bonds. The number of carbonyl (C=O) groups is 1. The second-order valence-electron chi connectivity index (χ2n) is 4.06.